The maximum absolute atomic E-state index is 12.2. The van der Waals surface area contributed by atoms with Crippen molar-refractivity contribution in [2.45, 2.75) is 5.92 Å². The molecule has 0 N–H and O–H groups in total. The molecule has 3 aliphatic heterocycles. The number of carbonyl (C=O) groups excluding carboxylic acids is 1. The number of benzene rings is 2. The van der Waals surface area contributed by atoms with Crippen molar-refractivity contribution in [1.29, 1.82) is 0 Å². The quantitative estimate of drug-likeness (QED) is 0.620. The Hall–Kier alpha value is -3.15. The van der Waals surface area contributed by atoms with Gasteiger partial charge in [0.2, 0.25) is 13.6 Å². The van der Waals surface area contributed by atoms with Crippen LogP contribution < -0.4 is 18.9 Å². The van der Waals surface area contributed by atoms with Crippen molar-refractivity contribution in [3.8, 4) is 23.0 Å². The minimum Gasteiger partial charge on any atom is -0.461 e. The zero-order valence-electron chi connectivity index (χ0n) is 13.2. The summed E-state index contributed by atoms with van der Waals surface area (Å²) in [4.78, 5) is 12.2. The highest BCUT2D eigenvalue weighted by Gasteiger charge is 2.33. The van der Waals surface area contributed by atoms with E-state index in [1.807, 2.05) is 42.5 Å². The van der Waals surface area contributed by atoms with E-state index >= 15 is 0 Å². The predicted molar refractivity (Wildman–Crippen MR) is 86.8 cm³/mol. The third-order valence-corrected chi connectivity index (χ3v) is 4.51. The van der Waals surface area contributed by atoms with E-state index in [4.69, 9.17) is 23.7 Å². The Bertz CT molecular complexity index is 901. The van der Waals surface area contributed by atoms with E-state index < -0.39 is 0 Å². The monoisotopic (exact) mass is 338 g/mol. The first kappa shape index (κ1) is 14.2. The van der Waals surface area contributed by atoms with Gasteiger partial charge in [0.25, 0.3) is 0 Å². The van der Waals surface area contributed by atoms with Crippen molar-refractivity contribution in [1.82, 2.24) is 0 Å². The topological polar surface area (TPSA) is 63.2 Å². The number of hydrogen-bond acceptors (Lipinski definition) is 6. The van der Waals surface area contributed by atoms with Gasteiger partial charge in [-0.3, -0.25) is 0 Å². The summed E-state index contributed by atoms with van der Waals surface area (Å²) < 4.78 is 26.8. The molecule has 0 spiro atoms. The minimum absolute atomic E-state index is 0.146. The molecule has 5 rings (SSSR count). The van der Waals surface area contributed by atoms with Gasteiger partial charge in [0, 0.05) is 5.57 Å². The molecule has 6 nitrogen and oxygen atoms in total. The third-order valence-electron chi connectivity index (χ3n) is 4.51. The van der Waals surface area contributed by atoms with Gasteiger partial charge in [0.1, 0.15) is 6.61 Å². The van der Waals surface area contributed by atoms with Crippen LogP contribution in [0, 0.1) is 0 Å². The van der Waals surface area contributed by atoms with Crippen LogP contribution in [0.3, 0.4) is 0 Å². The van der Waals surface area contributed by atoms with Crippen LogP contribution in [0.25, 0.3) is 6.08 Å². The number of esters is 1. The zero-order valence-corrected chi connectivity index (χ0v) is 13.2. The van der Waals surface area contributed by atoms with Crippen LogP contribution in [0.5, 0.6) is 23.0 Å². The normalized spacial score (nSPS) is 21.7. The summed E-state index contributed by atoms with van der Waals surface area (Å²) in [6, 6.07) is 11.3. The van der Waals surface area contributed by atoms with Gasteiger partial charge in [-0.15, -0.1) is 0 Å². The van der Waals surface area contributed by atoms with Crippen LogP contribution >= 0.6 is 0 Å². The van der Waals surface area contributed by atoms with Crippen LogP contribution in [0.2, 0.25) is 0 Å². The fourth-order valence-corrected chi connectivity index (χ4v) is 3.22. The van der Waals surface area contributed by atoms with Gasteiger partial charge in [0.05, 0.1) is 5.92 Å². The molecule has 0 amide bonds. The average Bonchev–Trinajstić information content (AvgIpc) is 3.34. The summed E-state index contributed by atoms with van der Waals surface area (Å²) in [5.41, 5.74) is 2.43. The first-order chi connectivity index (χ1) is 12.3. The van der Waals surface area contributed by atoms with E-state index in [-0.39, 0.29) is 25.5 Å². The van der Waals surface area contributed by atoms with E-state index in [0.717, 1.165) is 16.9 Å². The molecule has 126 valence electrons. The van der Waals surface area contributed by atoms with Gasteiger partial charge >= 0.3 is 5.97 Å². The molecular weight excluding hydrogens is 324 g/mol. The molecule has 3 aliphatic rings. The number of carbonyl (C=O) groups is 1. The molecule has 0 aromatic heterocycles. The lowest BCUT2D eigenvalue weighted by atomic mass is 9.92. The van der Waals surface area contributed by atoms with Crippen LogP contribution in [0.15, 0.2) is 42.0 Å². The van der Waals surface area contributed by atoms with Crippen molar-refractivity contribution in [2.75, 3.05) is 20.2 Å². The number of ether oxygens (including phenoxy) is 5. The molecule has 0 saturated carbocycles. The van der Waals surface area contributed by atoms with Crippen molar-refractivity contribution in [2.24, 2.45) is 0 Å². The largest absolute Gasteiger partial charge is 0.461 e. The maximum atomic E-state index is 12.2. The van der Waals surface area contributed by atoms with Gasteiger partial charge in [-0.05, 0) is 41.5 Å². The molecule has 3 heterocycles. The lowest BCUT2D eigenvalue weighted by Crippen LogP contribution is -2.02. The van der Waals surface area contributed by atoms with Crippen molar-refractivity contribution < 1.29 is 28.5 Å². The smallest absolute Gasteiger partial charge is 0.334 e. The molecule has 2 aromatic rings. The standard InChI is InChI=1S/C19H14O6/c20-19-13(5-11-1-3-15-17(6-11)24-9-22-15)14(8-21-19)12-2-4-16-18(7-12)25-10-23-16/h1-7,14H,8-10H2. The highest BCUT2D eigenvalue weighted by Crippen LogP contribution is 2.40. The second-order valence-electron chi connectivity index (χ2n) is 5.98. The number of cyclic esters (lactones) is 1. The van der Waals surface area contributed by atoms with Crippen LogP contribution in [0.1, 0.15) is 17.0 Å². The summed E-state index contributed by atoms with van der Waals surface area (Å²) in [7, 11) is 0. The Labute approximate surface area is 143 Å². The Morgan fingerprint density at radius 2 is 1.48 bits per heavy atom. The van der Waals surface area contributed by atoms with Gasteiger partial charge < -0.3 is 23.7 Å². The number of fused-ring (bicyclic) bond motifs is 2. The Balaban J connectivity index is 1.51. The van der Waals surface area contributed by atoms with E-state index in [1.165, 1.54) is 0 Å². The first-order valence-corrected chi connectivity index (χ1v) is 7.96. The summed E-state index contributed by atoms with van der Waals surface area (Å²) in [5.74, 6) is 2.35. The molecule has 2 aromatic carbocycles. The van der Waals surface area contributed by atoms with Crippen LogP contribution in [-0.4, -0.2) is 26.2 Å². The fourth-order valence-electron chi connectivity index (χ4n) is 3.22. The van der Waals surface area contributed by atoms with Crippen molar-refractivity contribution in [3.63, 3.8) is 0 Å². The summed E-state index contributed by atoms with van der Waals surface area (Å²) >= 11 is 0. The van der Waals surface area contributed by atoms with E-state index in [1.54, 1.807) is 0 Å². The van der Waals surface area contributed by atoms with Crippen LogP contribution in [0.4, 0.5) is 0 Å². The highest BCUT2D eigenvalue weighted by atomic mass is 16.7. The molecule has 0 radical (unpaired) electrons. The summed E-state index contributed by atoms with van der Waals surface area (Å²) in [5, 5.41) is 0. The molecule has 1 atom stereocenters. The molecule has 0 aliphatic carbocycles. The molecule has 6 heteroatoms. The van der Waals surface area contributed by atoms with Gasteiger partial charge in [0.15, 0.2) is 23.0 Å². The molecule has 0 bridgehead atoms. The Morgan fingerprint density at radius 3 is 2.28 bits per heavy atom. The lowest BCUT2D eigenvalue weighted by molar-refractivity contribution is -0.135. The summed E-state index contributed by atoms with van der Waals surface area (Å²) in [6.45, 7) is 0.755. The molecular formula is C19H14O6. The minimum atomic E-state index is -0.305. The molecule has 1 saturated heterocycles. The number of hydrogen-bond donors (Lipinski definition) is 0. The second-order valence-corrected chi connectivity index (χ2v) is 5.98. The highest BCUT2D eigenvalue weighted by molar-refractivity contribution is 5.97. The third kappa shape index (κ3) is 2.38. The van der Waals surface area contributed by atoms with Gasteiger partial charge in [-0.2, -0.15) is 0 Å². The Morgan fingerprint density at radius 1 is 0.800 bits per heavy atom. The lowest BCUT2D eigenvalue weighted by Gasteiger charge is -2.10. The van der Waals surface area contributed by atoms with Gasteiger partial charge in [-0.25, -0.2) is 4.79 Å². The molecule has 25 heavy (non-hydrogen) atoms. The maximum Gasteiger partial charge on any atom is 0.334 e. The van der Waals surface area contributed by atoms with E-state index in [0.29, 0.717) is 29.4 Å². The number of rotatable bonds is 2. The Kier molecular flexibility index (Phi) is 3.09. The van der Waals surface area contributed by atoms with Crippen molar-refractivity contribution >= 4 is 12.0 Å². The van der Waals surface area contributed by atoms with E-state index in [9.17, 15) is 4.79 Å². The summed E-state index contributed by atoms with van der Waals surface area (Å²) in [6.07, 6.45) is 1.84. The van der Waals surface area contributed by atoms with Gasteiger partial charge in [-0.1, -0.05) is 12.1 Å². The fraction of sp³-hybridized carbons (Fsp3) is 0.211. The first-order valence-electron chi connectivity index (χ1n) is 7.96. The van der Waals surface area contributed by atoms with E-state index in [2.05, 4.69) is 0 Å². The SMILES string of the molecule is O=C1OCC(c2ccc3c(c2)OCO3)C1=Cc1ccc2c(c1)OCO2. The average molecular weight is 338 g/mol. The molecule has 1 unspecified atom stereocenters. The van der Waals surface area contributed by atoms with Crippen molar-refractivity contribution in [3.05, 3.63) is 53.1 Å². The zero-order chi connectivity index (χ0) is 16.8. The second kappa shape index (κ2) is 5.44. The molecule has 1 fully saturated rings. The predicted octanol–water partition coefficient (Wildman–Crippen LogP) is 2.87. The van der Waals surface area contributed by atoms with Crippen LogP contribution in [-0.2, 0) is 9.53 Å².